The van der Waals surface area contributed by atoms with Crippen LogP contribution in [0.2, 0.25) is 0 Å². The molecule has 2 amide bonds. The molecule has 0 aliphatic rings. The number of benzene rings is 1. The van der Waals surface area contributed by atoms with E-state index in [1.807, 2.05) is 13.8 Å². The lowest BCUT2D eigenvalue weighted by atomic mass is 9.99. The molecule has 2 atom stereocenters. The normalized spacial score (nSPS) is 13.4. The van der Waals surface area contributed by atoms with Gasteiger partial charge in [0.25, 0.3) is 0 Å². The molecule has 0 radical (unpaired) electrons. The Bertz CT molecular complexity index is 596. The number of carbonyl (C=O) groups excluding carboxylic acids is 2. The highest BCUT2D eigenvalue weighted by atomic mass is 35.5. The molecular formula is C16H23ClF3N3O2. The van der Waals surface area contributed by atoms with Crippen molar-refractivity contribution >= 4 is 29.9 Å². The van der Waals surface area contributed by atoms with Crippen LogP contribution in [0, 0.1) is 5.92 Å². The molecule has 0 aliphatic carbocycles. The third-order valence-corrected chi connectivity index (χ3v) is 3.76. The zero-order chi connectivity index (χ0) is 18.5. The Balaban J connectivity index is 0.00000576. The fraction of sp³-hybridized carbons (Fsp3) is 0.500. The summed E-state index contributed by atoms with van der Waals surface area (Å²) in [5.41, 5.74) is 6.72. The zero-order valence-corrected chi connectivity index (χ0v) is 15.1. The molecule has 0 spiro atoms. The summed E-state index contributed by atoms with van der Waals surface area (Å²) in [7, 11) is 1.07. The van der Waals surface area contributed by atoms with Crippen molar-refractivity contribution in [1.29, 1.82) is 0 Å². The molecule has 5 nitrogen and oxygen atoms in total. The summed E-state index contributed by atoms with van der Waals surface area (Å²) in [6.45, 7) is 3.56. The Morgan fingerprint density at radius 3 is 2.44 bits per heavy atom. The van der Waals surface area contributed by atoms with E-state index in [4.69, 9.17) is 5.73 Å². The van der Waals surface area contributed by atoms with Crippen LogP contribution in [0.5, 0.6) is 0 Å². The highest BCUT2D eigenvalue weighted by molar-refractivity contribution is 5.94. The monoisotopic (exact) mass is 381 g/mol. The molecule has 0 saturated carbocycles. The average Bonchev–Trinajstić information content (AvgIpc) is 2.51. The lowest BCUT2D eigenvalue weighted by Crippen LogP contribution is -2.40. The Kier molecular flexibility index (Phi) is 8.93. The summed E-state index contributed by atoms with van der Waals surface area (Å²) in [6, 6.07) is 5.61. The summed E-state index contributed by atoms with van der Waals surface area (Å²) in [5.74, 6) is -2.28. The van der Waals surface area contributed by atoms with Gasteiger partial charge in [-0.15, -0.1) is 12.4 Å². The number of anilines is 1. The summed E-state index contributed by atoms with van der Waals surface area (Å²) in [5, 5.41) is 2.64. The first-order valence-electron chi connectivity index (χ1n) is 7.54. The van der Waals surface area contributed by atoms with Gasteiger partial charge in [-0.05, 0) is 23.6 Å². The second-order valence-corrected chi connectivity index (χ2v) is 5.76. The molecule has 9 heteroatoms. The van der Waals surface area contributed by atoms with E-state index in [2.05, 4.69) is 5.32 Å². The minimum atomic E-state index is -4.91. The van der Waals surface area contributed by atoms with E-state index in [0.29, 0.717) is 16.2 Å². The Morgan fingerprint density at radius 1 is 1.32 bits per heavy atom. The van der Waals surface area contributed by atoms with Crippen LogP contribution in [0.4, 0.5) is 18.9 Å². The molecule has 0 saturated heterocycles. The van der Waals surface area contributed by atoms with Crippen LogP contribution in [-0.2, 0) is 16.1 Å². The van der Waals surface area contributed by atoms with Crippen LogP contribution in [0.3, 0.4) is 0 Å². The molecule has 1 rings (SSSR count). The molecule has 2 unspecified atom stereocenters. The first-order valence-corrected chi connectivity index (χ1v) is 7.54. The number of halogens is 4. The lowest BCUT2D eigenvalue weighted by Gasteiger charge is -2.20. The Hall–Kier alpha value is -1.80. The highest BCUT2D eigenvalue weighted by Gasteiger charge is 2.41. The molecule has 0 heterocycles. The van der Waals surface area contributed by atoms with Crippen molar-refractivity contribution in [3.63, 3.8) is 0 Å². The minimum absolute atomic E-state index is 0. The van der Waals surface area contributed by atoms with E-state index >= 15 is 0 Å². The number of amides is 2. The van der Waals surface area contributed by atoms with Crippen molar-refractivity contribution in [2.75, 3.05) is 12.4 Å². The van der Waals surface area contributed by atoms with Gasteiger partial charge in [0.2, 0.25) is 5.91 Å². The number of hydrogen-bond acceptors (Lipinski definition) is 3. The zero-order valence-electron chi connectivity index (χ0n) is 14.3. The second kappa shape index (κ2) is 9.62. The van der Waals surface area contributed by atoms with Gasteiger partial charge in [-0.25, -0.2) is 0 Å². The van der Waals surface area contributed by atoms with Crippen LogP contribution in [-0.4, -0.2) is 36.0 Å². The van der Waals surface area contributed by atoms with E-state index < -0.39 is 18.1 Å². The van der Waals surface area contributed by atoms with Crippen molar-refractivity contribution in [3.05, 3.63) is 29.8 Å². The predicted molar refractivity (Wildman–Crippen MR) is 92.3 cm³/mol. The summed E-state index contributed by atoms with van der Waals surface area (Å²) in [4.78, 5) is 23.8. The van der Waals surface area contributed by atoms with E-state index in [-0.39, 0.29) is 30.8 Å². The lowest BCUT2D eigenvalue weighted by molar-refractivity contribution is -0.184. The number of nitrogens with two attached hydrogens (primary N) is 1. The average molecular weight is 382 g/mol. The molecule has 1 aromatic carbocycles. The highest BCUT2D eigenvalue weighted by Crippen LogP contribution is 2.20. The predicted octanol–water partition coefficient (Wildman–Crippen LogP) is 2.94. The standard InChI is InChI=1S/C16H22F3N3O2.ClH/c1-4-10(2)13(20)14(23)21-12-7-5-6-11(8-12)9-22(3)15(24)16(17,18)19;/h5-8,10,13H,4,9,20H2,1-3H3,(H,21,23);1H. The van der Waals surface area contributed by atoms with Gasteiger partial charge in [0.05, 0.1) is 6.04 Å². The van der Waals surface area contributed by atoms with Gasteiger partial charge in [0, 0.05) is 19.3 Å². The van der Waals surface area contributed by atoms with Gasteiger partial charge >= 0.3 is 12.1 Å². The number of nitrogens with one attached hydrogen (secondary N) is 1. The fourth-order valence-electron chi connectivity index (χ4n) is 2.05. The quantitative estimate of drug-likeness (QED) is 0.795. The summed E-state index contributed by atoms with van der Waals surface area (Å²) in [6.07, 6.45) is -4.16. The van der Waals surface area contributed by atoms with Crippen molar-refractivity contribution in [2.24, 2.45) is 11.7 Å². The number of hydrogen-bond donors (Lipinski definition) is 2. The number of nitrogens with zero attached hydrogens (tertiary/aromatic N) is 1. The number of rotatable bonds is 6. The van der Waals surface area contributed by atoms with Gasteiger partial charge in [-0.1, -0.05) is 32.4 Å². The van der Waals surface area contributed by atoms with Gasteiger partial charge < -0.3 is 16.0 Å². The van der Waals surface area contributed by atoms with Crippen molar-refractivity contribution in [1.82, 2.24) is 4.90 Å². The fourth-order valence-corrected chi connectivity index (χ4v) is 2.05. The van der Waals surface area contributed by atoms with Crippen LogP contribution in [0.1, 0.15) is 25.8 Å². The van der Waals surface area contributed by atoms with E-state index in [1.165, 1.54) is 6.07 Å². The molecular weight excluding hydrogens is 359 g/mol. The van der Waals surface area contributed by atoms with Gasteiger partial charge in [0.15, 0.2) is 0 Å². The van der Waals surface area contributed by atoms with E-state index in [1.54, 1.807) is 18.2 Å². The second-order valence-electron chi connectivity index (χ2n) is 5.76. The SMILES string of the molecule is CCC(C)C(N)C(=O)Nc1cccc(CN(C)C(=O)C(F)(F)F)c1.Cl. The van der Waals surface area contributed by atoms with Gasteiger partial charge in [-0.2, -0.15) is 13.2 Å². The largest absolute Gasteiger partial charge is 0.471 e. The van der Waals surface area contributed by atoms with Crippen LogP contribution < -0.4 is 11.1 Å². The minimum Gasteiger partial charge on any atom is -0.334 e. The van der Waals surface area contributed by atoms with Gasteiger partial charge in [0.1, 0.15) is 0 Å². The van der Waals surface area contributed by atoms with Crippen LogP contribution in [0.15, 0.2) is 24.3 Å². The summed E-state index contributed by atoms with van der Waals surface area (Å²) < 4.78 is 37.2. The third-order valence-electron chi connectivity index (χ3n) is 3.76. The summed E-state index contributed by atoms with van der Waals surface area (Å²) >= 11 is 0. The number of alkyl halides is 3. The molecule has 3 N–H and O–H groups in total. The Morgan fingerprint density at radius 2 is 1.92 bits per heavy atom. The third kappa shape index (κ3) is 6.91. The molecule has 0 aromatic heterocycles. The smallest absolute Gasteiger partial charge is 0.334 e. The topological polar surface area (TPSA) is 75.4 Å². The van der Waals surface area contributed by atoms with Crippen molar-refractivity contribution in [3.8, 4) is 0 Å². The molecule has 25 heavy (non-hydrogen) atoms. The van der Waals surface area contributed by atoms with Gasteiger partial charge in [-0.3, -0.25) is 9.59 Å². The van der Waals surface area contributed by atoms with Crippen LogP contribution in [0.25, 0.3) is 0 Å². The maximum atomic E-state index is 12.4. The molecule has 0 fully saturated rings. The Labute approximate surface area is 151 Å². The first kappa shape index (κ1) is 23.2. The maximum absolute atomic E-state index is 12.4. The first-order chi connectivity index (χ1) is 11.1. The molecule has 0 bridgehead atoms. The molecule has 0 aliphatic heterocycles. The van der Waals surface area contributed by atoms with Crippen LogP contribution >= 0.6 is 12.4 Å². The van der Waals surface area contributed by atoms with E-state index in [9.17, 15) is 22.8 Å². The van der Waals surface area contributed by atoms with Crippen molar-refractivity contribution in [2.45, 2.75) is 39.0 Å². The number of carbonyl (C=O) groups is 2. The van der Waals surface area contributed by atoms with E-state index in [0.717, 1.165) is 13.5 Å². The van der Waals surface area contributed by atoms with Crippen molar-refractivity contribution < 1.29 is 22.8 Å². The molecule has 1 aromatic rings. The maximum Gasteiger partial charge on any atom is 0.471 e. The molecule has 142 valence electrons.